The first-order valence-corrected chi connectivity index (χ1v) is 9.15. The van der Waals surface area contributed by atoms with E-state index in [2.05, 4.69) is 0 Å². The van der Waals surface area contributed by atoms with Gasteiger partial charge in [0.15, 0.2) is 0 Å². The summed E-state index contributed by atoms with van der Waals surface area (Å²) in [5.74, 6) is -0.123. The predicted octanol–water partition coefficient (Wildman–Crippen LogP) is 1.49. The molecule has 4 unspecified atom stereocenters. The molecule has 0 saturated heterocycles. The Balaban J connectivity index is 5.22. The van der Waals surface area contributed by atoms with Gasteiger partial charge in [0.2, 0.25) is 0 Å². The molecular weight excluding hydrogens is 308 g/mol. The Kier molecular flexibility index (Phi) is 10.6. The van der Waals surface area contributed by atoms with Gasteiger partial charge in [-0.2, -0.15) is 0 Å². The van der Waals surface area contributed by atoms with Gasteiger partial charge in [0.05, 0.1) is 0 Å². The van der Waals surface area contributed by atoms with Crippen LogP contribution in [0.5, 0.6) is 0 Å². The number of hydrogen-bond acceptors (Lipinski definition) is 6. The second kappa shape index (κ2) is 10.7. The smallest absolute Gasteiger partial charge is 0.111 e. The van der Waals surface area contributed by atoms with Crippen molar-refractivity contribution in [3.8, 4) is 0 Å². The molecule has 4 N–H and O–H groups in total. The van der Waals surface area contributed by atoms with Crippen LogP contribution in [0.1, 0.15) is 55.4 Å². The van der Waals surface area contributed by atoms with Crippen LogP contribution in [0, 0.1) is 23.7 Å². The third-order valence-electron chi connectivity index (χ3n) is 4.36. The standard InChI is InChI=1S/C18H40N2O4/c1-11(2)15(21)19(16(22)12(3)4)9-10-20(17(23)13(5)6)18(24)14(7)8/h11-18,21-24H,9-10H2,1-8H3. The second-order valence-corrected chi connectivity index (χ2v) is 8.11. The van der Waals surface area contributed by atoms with Gasteiger partial charge in [0.1, 0.15) is 24.9 Å². The van der Waals surface area contributed by atoms with Gasteiger partial charge in [-0.15, -0.1) is 0 Å². The zero-order valence-electron chi connectivity index (χ0n) is 16.7. The first kappa shape index (κ1) is 23.8. The molecule has 0 bridgehead atoms. The molecule has 0 rings (SSSR count). The summed E-state index contributed by atoms with van der Waals surface area (Å²) >= 11 is 0. The van der Waals surface area contributed by atoms with E-state index in [-0.39, 0.29) is 23.7 Å². The summed E-state index contributed by atoms with van der Waals surface area (Å²) in [7, 11) is 0. The molecule has 0 amide bonds. The van der Waals surface area contributed by atoms with Crippen molar-refractivity contribution < 1.29 is 20.4 Å². The largest absolute Gasteiger partial charge is 0.378 e. The molecule has 6 nitrogen and oxygen atoms in total. The number of nitrogens with zero attached hydrogens (tertiary/aromatic N) is 2. The van der Waals surface area contributed by atoms with Crippen LogP contribution in [0.3, 0.4) is 0 Å². The molecule has 24 heavy (non-hydrogen) atoms. The Morgan fingerprint density at radius 3 is 0.750 bits per heavy atom. The third-order valence-corrected chi connectivity index (χ3v) is 4.36. The maximum Gasteiger partial charge on any atom is 0.111 e. The van der Waals surface area contributed by atoms with E-state index in [9.17, 15) is 20.4 Å². The highest BCUT2D eigenvalue weighted by atomic mass is 16.3. The zero-order valence-corrected chi connectivity index (χ0v) is 16.7. The molecule has 0 radical (unpaired) electrons. The molecule has 0 fully saturated rings. The quantitative estimate of drug-likeness (QED) is 0.423. The van der Waals surface area contributed by atoms with Crippen LogP contribution in [-0.2, 0) is 0 Å². The van der Waals surface area contributed by atoms with Crippen LogP contribution >= 0.6 is 0 Å². The molecule has 0 aromatic rings. The Morgan fingerprint density at radius 2 is 0.625 bits per heavy atom. The predicted molar refractivity (Wildman–Crippen MR) is 96.8 cm³/mol. The van der Waals surface area contributed by atoms with Crippen molar-refractivity contribution in [3.05, 3.63) is 0 Å². The molecule has 0 heterocycles. The number of aliphatic hydroxyl groups is 4. The summed E-state index contributed by atoms with van der Waals surface area (Å²) in [5.41, 5.74) is 0. The van der Waals surface area contributed by atoms with E-state index in [1.165, 1.54) is 0 Å². The molecule has 146 valence electrons. The lowest BCUT2D eigenvalue weighted by Gasteiger charge is -2.40. The number of aliphatic hydroxyl groups excluding tert-OH is 4. The average molecular weight is 349 g/mol. The fraction of sp³-hybridized carbons (Fsp3) is 1.00. The van der Waals surface area contributed by atoms with Crippen molar-refractivity contribution in [2.75, 3.05) is 13.1 Å². The van der Waals surface area contributed by atoms with Crippen molar-refractivity contribution in [1.29, 1.82) is 0 Å². The summed E-state index contributed by atoms with van der Waals surface area (Å²) in [6.45, 7) is 15.9. The number of hydrogen-bond donors (Lipinski definition) is 4. The molecule has 0 spiro atoms. The Bertz CT molecular complexity index is 277. The molecule has 0 aliphatic heterocycles. The maximum atomic E-state index is 10.4. The molecule has 6 heteroatoms. The summed E-state index contributed by atoms with van der Waals surface area (Å²) < 4.78 is 0. The molecule has 0 aliphatic rings. The van der Waals surface area contributed by atoms with Gasteiger partial charge in [-0.25, -0.2) is 0 Å². The van der Waals surface area contributed by atoms with Crippen LogP contribution < -0.4 is 0 Å². The summed E-state index contributed by atoms with van der Waals surface area (Å²) in [4.78, 5) is 3.28. The van der Waals surface area contributed by atoms with Crippen LogP contribution in [0.15, 0.2) is 0 Å². The lowest BCUT2D eigenvalue weighted by atomic mass is 10.1. The Labute approximate surface area is 148 Å². The first-order chi connectivity index (χ1) is 10.9. The van der Waals surface area contributed by atoms with Gasteiger partial charge in [0.25, 0.3) is 0 Å². The highest BCUT2D eigenvalue weighted by Crippen LogP contribution is 2.19. The van der Waals surface area contributed by atoms with Crippen molar-refractivity contribution in [3.63, 3.8) is 0 Å². The second-order valence-electron chi connectivity index (χ2n) is 8.11. The maximum absolute atomic E-state index is 10.4. The zero-order chi connectivity index (χ0) is 19.2. The van der Waals surface area contributed by atoms with E-state index < -0.39 is 24.9 Å². The van der Waals surface area contributed by atoms with Crippen molar-refractivity contribution in [1.82, 2.24) is 9.80 Å². The molecule has 4 atom stereocenters. The fourth-order valence-electron chi connectivity index (χ4n) is 2.60. The van der Waals surface area contributed by atoms with Crippen molar-refractivity contribution in [2.45, 2.75) is 80.3 Å². The van der Waals surface area contributed by atoms with Crippen LogP contribution in [-0.4, -0.2) is 68.2 Å². The minimum atomic E-state index is -0.781. The van der Waals surface area contributed by atoms with E-state index in [4.69, 9.17) is 0 Å². The SMILES string of the molecule is CC(C)C(O)N(CCN(C(O)C(C)C)C(O)C(C)C)C(O)C(C)C. The van der Waals surface area contributed by atoms with Gasteiger partial charge in [-0.1, -0.05) is 55.4 Å². The Morgan fingerprint density at radius 1 is 0.458 bits per heavy atom. The van der Waals surface area contributed by atoms with Crippen molar-refractivity contribution >= 4 is 0 Å². The summed E-state index contributed by atoms with van der Waals surface area (Å²) in [5, 5.41) is 41.7. The number of rotatable bonds is 11. The van der Waals surface area contributed by atoms with E-state index in [1.54, 1.807) is 9.80 Å². The van der Waals surface area contributed by atoms with Gasteiger partial charge in [-0.3, -0.25) is 9.80 Å². The summed E-state index contributed by atoms with van der Waals surface area (Å²) in [6, 6.07) is 0. The minimum absolute atomic E-state index is 0.0307. The lowest BCUT2D eigenvalue weighted by Crippen LogP contribution is -2.55. The molecule has 0 aromatic carbocycles. The molecule has 0 aliphatic carbocycles. The van der Waals surface area contributed by atoms with Crippen LogP contribution in [0.25, 0.3) is 0 Å². The molecular formula is C18H40N2O4. The average Bonchev–Trinajstić information content (AvgIpc) is 2.48. The van der Waals surface area contributed by atoms with Gasteiger partial charge >= 0.3 is 0 Å². The van der Waals surface area contributed by atoms with Crippen LogP contribution in [0.2, 0.25) is 0 Å². The van der Waals surface area contributed by atoms with Gasteiger partial charge in [-0.05, 0) is 23.7 Å². The van der Waals surface area contributed by atoms with Crippen LogP contribution in [0.4, 0.5) is 0 Å². The highest BCUT2D eigenvalue weighted by molar-refractivity contribution is 4.76. The van der Waals surface area contributed by atoms with E-state index in [0.29, 0.717) is 13.1 Å². The third kappa shape index (κ3) is 6.94. The van der Waals surface area contributed by atoms with E-state index in [1.807, 2.05) is 55.4 Å². The minimum Gasteiger partial charge on any atom is -0.378 e. The normalized spacial score (nSPS) is 18.2. The monoisotopic (exact) mass is 348 g/mol. The highest BCUT2D eigenvalue weighted by Gasteiger charge is 2.32. The van der Waals surface area contributed by atoms with Gasteiger partial charge in [0, 0.05) is 13.1 Å². The fourth-order valence-corrected chi connectivity index (χ4v) is 2.60. The topological polar surface area (TPSA) is 87.4 Å². The molecule has 0 saturated carbocycles. The van der Waals surface area contributed by atoms with Crippen molar-refractivity contribution in [2.24, 2.45) is 23.7 Å². The van der Waals surface area contributed by atoms with E-state index in [0.717, 1.165) is 0 Å². The Hall–Kier alpha value is -0.240. The summed E-state index contributed by atoms with van der Waals surface area (Å²) in [6.07, 6.45) is -3.12. The molecule has 0 aromatic heterocycles. The lowest BCUT2D eigenvalue weighted by molar-refractivity contribution is -0.165. The van der Waals surface area contributed by atoms with E-state index >= 15 is 0 Å². The van der Waals surface area contributed by atoms with Gasteiger partial charge < -0.3 is 20.4 Å². The first-order valence-electron chi connectivity index (χ1n) is 9.15.